The zero-order chi connectivity index (χ0) is 24.7. The molecule has 1 aliphatic carbocycles. The average Bonchev–Trinajstić information content (AvgIpc) is 2.72. The van der Waals surface area contributed by atoms with Gasteiger partial charge in [-0.3, -0.25) is 0 Å². The van der Waals surface area contributed by atoms with Crippen molar-refractivity contribution in [2.75, 3.05) is 12.4 Å². The summed E-state index contributed by atoms with van der Waals surface area (Å²) in [6.07, 6.45) is 0.550. The Morgan fingerprint density at radius 1 is 1.15 bits per heavy atom. The molecule has 33 heavy (non-hydrogen) atoms. The third-order valence-corrected chi connectivity index (χ3v) is 5.79. The molecule has 184 valence electrons. The molecular formula is C22H26F3O7S-. The van der Waals surface area contributed by atoms with Crippen molar-refractivity contribution in [1.82, 2.24) is 0 Å². The van der Waals surface area contributed by atoms with Crippen LogP contribution in [-0.4, -0.2) is 43.3 Å². The Morgan fingerprint density at radius 3 is 2.39 bits per heavy atom. The first kappa shape index (κ1) is 26.8. The van der Waals surface area contributed by atoms with E-state index >= 15 is 0 Å². The van der Waals surface area contributed by atoms with Gasteiger partial charge in [0.25, 0.3) is 0 Å². The molecule has 7 nitrogen and oxygen atoms in total. The largest absolute Gasteiger partial charge is 0.748 e. The summed E-state index contributed by atoms with van der Waals surface area (Å²) in [4.78, 5) is 12.2. The van der Waals surface area contributed by atoms with Crippen molar-refractivity contribution in [2.24, 2.45) is 5.92 Å². The van der Waals surface area contributed by atoms with Gasteiger partial charge in [-0.2, -0.15) is 0 Å². The highest BCUT2D eigenvalue weighted by atomic mass is 32.2. The van der Waals surface area contributed by atoms with Crippen LogP contribution in [0.4, 0.5) is 13.2 Å². The third-order valence-electron chi connectivity index (χ3n) is 5.13. The summed E-state index contributed by atoms with van der Waals surface area (Å²) in [5.41, 5.74) is -1.36. The van der Waals surface area contributed by atoms with Crippen molar-refractivity contribution in [3.05, 3.63) is 23.8 Å². The normalized spacial score (nSPS) is 16.8. The van der Waals surface area contributed by atoms with Crippen molar-refractivity contribution in [2.45, 2.75) is 64.3 Å². The number of benzene rings is 1. The summed E-state index contributed by atoms with van der Waals surface area (Å²) >= 11 is 0. The van der Waals surface area contributed by atoms with Crippen LogP contribution in [0, 0.1) is 17.8 Å². The van der Waals surface area contributed by atoms with E-state index in [1.165, 1.54) is 0 Å². The Morgan fingerprint density at radius 2 is 1.82 bits per heavy atom. The fourth-order valence-electron chi connectivity index (χ4n) is 3.17. The first-order valence-corrected chi connectivity index (χ1v) is 12.1. The van der Waals surface area contributed by atoms with E-state index < -0.39 is 46.2 Å². The van der Waals surface area contributed by atoms with Gasteiger partial charge in [0.2, 0.25) is 0 Å². The molecule has 0 heterocycles. The van der Waals surface area contributed by atoms with Gasteiger partial charge in [0.05, 0.1) is 21.4 Å². The summed E-state index contributed by atoms with van der Waals surface area (Å²) in [6, 6.07) is 2.92. The summed E-state index contributed by atoms with van der Waals surface area (Å²) in [6.45, 7) is 2.70. The minimum Gasteiger partial charge on any atom is -0.748 e. The third kappa shape index (κ3) is 9.52. The monoisotopic (exact) mass is 491 g/mol. The lowest BCUT2D eigenvalue weighted by Crippen LogP contribution is -2.30. The molecule has 0 amide bonds. The molecule has 11 heteroatoms. The second kappa shape index (κ2) is 11.1. The smallest absolute Gasteiger partial charge is 0.573 e. The number of hydrogen-bond donors (Lipinski definition) is 0. The van der Waals surface area contributed by atoms with Crippen molar-refractivity contribution < 1.29 is 45.1 Å². The molecule has 0 spiro atoms. The summed E-state index contributed by atoms with van der Waals surface area (Å²) in [5, 5.41) is 0. The van der Waals surface area contributed by atoms with E-state index in [0.29, 0.717) is 6.42 Å². The summed E-state index contributed by atoms with van der Waals surface area (Å²) in [7, 11) is -4.59. The van der Waals surface area contributed by atoms with E-state index in [2.05, 4.69) is 16.6 Å². The average molecular weight is 492 g/mol. The van der Waals surface area contributed by atoms with Crippen LogP contribution in [0.1, 0.15) is 62.7 Å². The van der Waals surface area contributed by atoms with Crippen molar-refractivity contribution in [3.8, 4) is 23.3 Å². The molecular weight excluding hydrogens is 465 g/mol. The zero-order valence-electron chi connectivity index (χ0n) is 18.4. The predicted octanol–water partition coefficient (Wildman–Crippen LogP) is 4.42. The highest BCUT2D eigenvalue weighted by Gasteiger charge is 2.34. The first-order chi connectivity index (χ1) is 15.3. The molecule has 1 atom stereocenters. The quantitative estimate of drug-likeness (QED) is 0.301. The van der Waals surface area contributed by atoms with E-state index in [1.54, 1.807) is 13.8 Å². The number of rotatable bonds is 8. The number of carbonyl (C=O) groups is 1. The number of carbonyl (C=O) groups excluding carboxylic acids is 1. The van der Waals surface area contributed by atoms with Crippen LogP contribution in [0.15, 0.2) is 18.2 Å². The van der Waals surface area contributed by atoms with Crippen LogP contribution in [0.3, 0.4) is 0 Å². The van der Waals surface area contributed by atoms with Gasteiger partial charge >= 0.3 is 12.3 Å². The van der Waals surface area contributed by atoms with Crippen molar-refractivity contribution in [3.63, 3.8) is 0 Å². The molecule has 1 saturated carbocycles. The minimum atomic E-state index is -5.00. The predicted molar refractivity (Wildman–Crippen MR) is 112 cm³/mol. The molecule has 1 fully saturated rings. The maximum atomic E-state index is 12.9. The Labute approximate surface area is 191 Å². The lowest BCUT2D eigenvalue weighted by Gasteiger charge is -2.26. The molecule has 1 aliphatic rings. The van der Waals surface area contributed by atoms with Crippen molar-refractivity contribution >= 4 is 16.1 Å². The van der Waals surface area contributed by atoms with Gasteiger partial charge in [-0.15, -0.1) is 13.2 Å². The molecule has 1 aromatic carbocycles. The Balaban J connectivity index is 2.28. The minimum absolute atomic E-state index is 0.192. The summed E-state index contributed by atoms with van der Waals surface area (Å²) < 4.78 is 85.1. The lowest BCUT2D eigenvalue weighted by atomic mass is 9.89. The molecule has 2 rings (SSSR count). The maximum absolute atomic E-state index is 12.9. The highest BCUT2D eigenvalue weighted by Crippen LogP contribution is 2.36. The van der Waals surface area contributed by atoms with Gasteiger partial charge in [-0.05, 0) is 44.4 Å². The fourth-order valence-corrected chi connectivity index (χ4v) is 3.46. The number of alkyl halides is 3. The molecule has 0 bridgehead atoms. The van der Waals surface area contributed by atoms with E-state index in [0.717, 1.165) is 50.3 Å². The number of esters is 1. The molecule has 0 N–H and O–H groups in total. The van der Waals surface area contributed by atoms with Gasteiger partial charge < -0.3 is 18.8 Å². The fraction of sp³-hybridized carbons (Fsp3) is 0.591. The number of ether oxygens (including phenoxy) is 3. The second-order valence-electron chi connectivity index (χ2n) is 7.90. The molecule has 0 aliphatic heterocycles. The molecule has 1 aromatic rings. The first-order valence-electron chi connectivity index (χ1n) is 10.5. The van der Waals surface area contributed by atoms with Crippen LogP contribution in [0.25, 0.3) is 0 Å². The van der Waals surface area contributed by atoms with Gasteiger partial charge in [0, 0.05) is 5.92 Å². The topological polar surface area (TPSA) is 102 Å². The Hall–Kier alpha value is -2.45. The van der Waals surface area contributed by atoms with E-state index in [4.69, 9.17) is 9.47 Å². The Kier molecular flexibility index (Phi) is 9.03. The highest BCUT2D eigenvalue weighted by molar-refractivity contribution is 7.85. The van der Waals surface area contributed by atoms with Gasteiger partial charge in [-0.25, -0.2) is 13.2 Å². The van der Waals surface area contributed by atoms with Crippen LogP contribution in [0.5, 0.6) is 11.5 Å². The maximum Gasteiger partial charge on any atom is 0.573 e. The van der Waals surface area contributed by atoms with E-state index in [1.807, 2.05) is 0 Å². The van der Waals surface area contributed by atoms with Gasteiger partial charge in [0.15, 0.2) is 17.1 Å². The van der Waals surface area contributed by atoms with E-state index in [9.17, 15) is 30.9 Å². The zero-order valence-corrected chi connectivity index (χ0v) is 19.2. The van der Waals surface area contributed by atoms with Crippen LogP contribution < -0.4 is 9.47 Å². The lowest BCUT2D eigenvalue weighted by molar-refractivity contribution is -0.275. The van der Waals surface area contributed by atoms with Crippen LogP contribution in [-0.2, 0) is 14.9 Å². The standard InChI is InChI=1S/C22H27F3O7S/c1-3-21(2,12-11-16-7-5-4-6-8-16)31-19-15-17(9-10-18(19)32-22(23,24)25)20(26)30-13-14-33(27,28)29/h9-10,15-16H,3-8,13-14H2,1-2H3,(H,27,28,29)/p-1. The molecule has 1 unspecified atom stereocenters. The van der Waals surface area contributed by atoms with Gasteiger partial charge in [-0.1, -0.05) is 38.0 Å². The SMILES string of the molecule is CCC(C)(C#CC1CCCCC1)Oc1cc(C(=O)OCCS(=O)(=O)[O-])ccc1OC(F)(F)F. The summed E-state index contributed by atoms with van der Waals surface area (Å²) in [5.74, 6) is 3.38. The van der Waals surface area contributed by atoms with Gasteiger partial charge in [0.1, 0.15) is 6.61 Å². The van der Waals surface area contributed by atoms with E-state index in [-0.39, 0.29) is 17.2 Å². The van der Waals surface area contributed by atoms with Crippen molar-refractivity contribution in [1.29, 1.82) is 0 Å². The molecule has 0 radical (unpaired) electrons. The Bertz CT molecular complexity index is 989. The number of hydrogen-bond acceptors (Lipinski definition) is 7. The van der Waals surface area contributed by atoms with Crippen LogP contribution in [0.2, 0.25) is 0 Å². The van der Waals surface area contributed by atoms with Crippen LogP contribution >= 0.6 is 0 Å². The second-order valence-corrected chi connectivity index (χ2v) is 9.42. The molecule has 0 aromatic heterocycles. The molecule has 0 saturated heterocycles. The number of halogens is 3.